The normalized spacial score (nSPS) is 16.4. The number of hydrogen-bond acceptors (Lipinski definition) is 3. The second-order valence-corrected chi connectivity index (χ2v) is 4.43. The molecule has 0 spiro atoms. The molecule has 1 fully saturated rings. The molecule has 1 N–H and O–H groups in total. The molecule has 1 aromatic rings. The van der Waals surface area contributed by atoms with E-state index in [9.17, 15) is 9.18 Å². The van der Waals surface area contributed by atoms with Crippen LogP contribution in [-0.4, -0.2) is 16.7 Å². The van der Waals surface area contributed by atoms with Gasteiger partial charge in [0.05, 0.1) is 6.42 Å². The lowest BCUT2D eigenvalue weighted by molar-refractivity contribution is -0.144. The molecule has 1 aliphatic carbocycles. The molecule has 1 aromatic carbocycles. The van der Waals surface area contributed by atoms with Gasteiger partial charge in [-0.15, -0.1) is 0 Å². The lowest BCUT2D eigenvalue weighted by Crippen LogP contribution is -2.45. The maximum Gasteiger partial charge on any atom is 0.307 e. The monoisotopic (exact) mass is 249 g/mol. The number of aliphatic carboxylic acids is 1. The average molecular weight is 249 g/mol. The Morgan fingerprint density at radius 2 is 2.28 bits per heavy atom. The minimum Gasteiger partial charge on any atom is -0.485 e. The standard InChI is InChI=1S/C13H12FNO3/c14-10-3-1-4-11(9(10)8-15)18-13(5-2-6-13)7-12(16)17/h1,3-4H,2,5-7H2,(H,16,17). The number of carbonyl (C=O) groups is 1. The zero-order valence-corrected chi connectivity index (χ0v) is 9.65. The molecule has 0 heterocycles. The molecule has 0 amide bonds. The van der Waals surface area contributed by atoms with Crippen LogP contribution in [0.15, 0.2) is 18.2 Å². The molecule has 0 unspecified atom stereocenters. The van der Waals surface area contributed by atoms with Crippen molar-refractivity contribution in [3.05, 3.63) is 29.6 Å². The highest BCUT2D eigenvalue weighted by Gasteiger charge is 2.42. The fourth-order valence-corrected chi connectivity index (χ4v) is 2.09. The van der Waals surface area contributed by atoms with Crippen molar-refractivity contribution < 1.29 is 19.0 Å². The maximum absolute atomic E-state index is 13.4. The molecular formula is C13H12FNO3. The summed E-state index contributed by atoms with van der Waals surface area (Å²) in [4.78, 5) is 10.8. The van der Waals surface area contributed by atoms with E-state index in [1.165, 1.54) is 18.2 Å². The molecule has 1 saturated carbocycles. The summed E-state index contributed by atoms with van der Waals surface area (Å²) in [5.41, 5.74) is -0.959. The van der Waals surface area contributed by atoms with Crippen LogP contribution in [0.4, 0.5) is 4.39 Å². The Morgan fingerprint density at radius 1 is 1.56 bits per heavy atom. The van der Waals surface area contributed by atoms with E-state index in [0.717, 1.165) is 6.42 Å². The predicted octanol–water partition coefficient (Wildman–Crippen LogP) is 2.47. The first-order valence-electron chi connectivity index (χ1n) is 5.66. The summed E-state index contributed by atoms with van der Waals surface area (Å²) in [6.07, 6.45) is 1.97. The van der Waals surface area contributed by atoms with Crippen molar-refractivity contribution in [2.24, 2.45) is 0 Å². The summed E-state index contributed by atoms with van der Waals surface area (Å²) in [6.45, 7) is 0. The quantitative estimate of drug-likeness (QED) is 0.889. The predicted molar refractivity (Wildman–Crippen MR) is 60.6 cm³/mol. The van der Waals surface area contributed by atoms with E-state index in [1.54, 1.807) is 6.07 Å². The van der Waals surface area contributed by atoms with Gasteiger partial charge in [-0.3, -0.25) is 4.79 Å². The van der Waals surface area contributed by atoms with Crippen molar-refractivity contribution in [1.29, 1.82) is 5.26 Å². The second kappa shape index (κ2) is 4.65. The van der Waals surface area contributed by atoms with Crippen LogP contribution in [0.2, 0.25) is 0 Å². The number of rotatable bonds is 4. The van der Waals surface area contributed by atoms with Gasteiger partial charge in [-0.1, -0.05) is 6.07 Å². The molecule has 0 saturated heterocycles. The van der Waals surface area contributed by atoms with Gasteiger partial charge in [0.15, 0.2) is 0 Å². The Morgan fingerprint density at radius 3 is 2.78 bits per heavy atom. The van der Waals surface area contributed by atoms with E-state index in [-0.39, 0.29) is 17.7 Å². The molecule has 18 heavy (non-hydrogen) atoms. The molecule has 1 aliphatic rings. The van der Waals surface area contributed by atoms with Crippen LogP contribution in [0.25, 0.3) is 0 Å². The Hall–Kier alpha value is -2.09. The molecule has 0 bridgehead atoms. The molecule has 94 valence electrons. The van der Waals surface area contributed by atoms with Gasteiger partial charge in [0.25, 0.3) is 0 Å². The maximum atomic E-state index is 13.4. The van der Waals surface area contributed by atoms with Crippen LogP contribution in [0.5, 0.6) is 5.75 Å². The summed E-state index contributed by atoms with van der Waals surface area (Å²) in [6, 6.07) is 5.85. The molecule has 0 aromatic heterocycles. The van der Waals surface area contributed by atoms with Gasteiger partial charge in [0.1, 0.15) is 28.8 Å². The van der Waals surface area contributed by atoms with Gasteiger partial charge in [0.2, 0.25) is 0 Å². The minimum absolute atomic E-state index is 0.124. The average Bonchev–Trinajstić information content (AvgIpc) is 2.25. The van der Waals surface area contributed by atoms with Crippen molar-refractivity contribution in [2.45, 2.75) is 31.3 Å². The van der Waals surface area contributed by atoms with Crippen LogP contribution >= 0.6 is 0 Å². The third-order valence-electron chi connectivity index (χ3n) is 3.15. The van der Waals surface area contributed by atoms with Gasteiger partial charge in [0, 0.05) is 0 Å². The van der Waals surface area contributed by atoms with E-state index in [0.29, 0.717) is 12.8 Å². The van der Waals surface area contributed by atoms with Crippen LogP contribution in [0.3, 0.4) is 0 Å². The van der Waals surface area contributed by atoms with E-state index in [4.69, 9.17) is 15.1 Å². The highest BCUT2D eigenvalue weighted by Crippen LogP contribution is 2.40. The van der Waals surface area contributed by atoms with Gasteiger partial charge in [-0.2, -0.15) is 5.26 Å². The lowest BCUT2D eigenvalue weighted by Gasteiger charge is -2.40. The molecular weight excluding hydrogens is 237 g/mol. The van der Waals surface area contributed by atoms with Crippen LogP contribution < -0.4 is 4.74 Å². The Kier molecular flexibility index (Phi) is 3.19. The van der Waals surface area contributed by atoms with E-state index in [1.807, 2.05) is 0 Å². The van der Waals surface area contributed by atoms with Crippen LogP contribution in [0, 0.1) is 17.1 Å². The third kappa shape index (κ3) is 2.28. The molecule has 0 aliphatic heterocycles. The van der Waals surface area contributed by atoms with Crippen molar-refractivity contribution in [3.8, 4) is 11.8 Å². The number of nitriles is 1. The zero-order valence-electron chi connectivity index (χ0n) is 9.65. The van der Waals surface area contributed by atoms with Gasteiger partial charge >= 0.3 is 5.97 Å². The van der Waals surface area contributed by atoms with Gasteiger partial charge in [-0.25, -0.2) is 4.39 Å². The van der Waals surface area contributed by atoms with Crippen molar-refractivity contribution in [2.75, 3.05) is 0 Å². The summed E-state index contributed by atoms with van der Waals surface area (Å²) in [7, 11) is 0. The molecule has 5 heteroatoms. The Balaban J connectivity index is 2.26. The largest absolute Gasteiger partial charge is 0.485 e. The first-order chi connectivity index (χ1) is 8.56. The highest BCUT2D eigenvalue weighted by atomic mass is 19.1. The number of nitrogens with zero attached hydrogens (tertiary/aromatic N) is 1. The number of halogens is 1. The third-order valence-corrected chi connectivity index (χ3v) is 3.15. The van der Waals surface area contributed by atoms with Crippen molar-refractivity contribution in [3.63, 3.8) is 0 Å². The van der Waals surface area contributed by atoms with Gasteiger partial charge < -0.3 is 9.84 Å². The van der Waals surface area contributed by atoms with E-state index in [2.05, 4.69) is 0 Å². The lowest BCUT2D eigenvalue weighted by atomic mass is 9.77. The fourth-order valence-electron chi connectivity index (χ4n) is 2.09. The van der Waals surface area contributed by atoms with Crippen molar-refractivity contribution in [1.82, 2.24) is 0 Å². The number of carboxylic acid groups (broad SMARTS) is 1. The summed E-state index contributed by atoms with van der Waals surface area (Å²) < 4.78 is 19.0. The van der Waals surface area contributed by atoms with Crippen LogP contribution in [0.1, 0.15) is 31.2 Å². The summed E-state index contributed by atoms with van der Waals surface area (Å²) in [5.74, 6) is -1.48. The Labute approximate surface area is 104 Å². The zero-order chi connectivity index (χ0) is 13.2. The number of benzene rings is 1. The van der Waals surface area contributed by atoms with E-state index < -0.39 is 17.4 Å². The topological polar surface area (TPSA) is 70.3 Å². The number of hydrogen-bond donors (Lipinski definition) is 1. The van der Waals surface area contributed by atoms with Gasteiger partial charge in [-0.05, 0) is 31.4 Å². The SMILES string of the molecule is N#Cc1c(F)cccc1OC1(CC(=O)O)CCC1. The molecule has 0 radical (unpaired) electrons. The fraction of sp³-hybridized carbons (Fsp3) is 0.385. The molecule has 2 rings (SSSR count). The summed E-state index contributed by atoms with van der Waals surface area (Å²) >= 11 is 0. The second-order valence-electron chi connectivity index (χ2n) is 4.43. The number of carboxylic acids is 1. The summed E-state index contributed by atoms with van der Waals surface area (Å²) in [5, 5.41) is 17.7. The number of ether oxygens (including phenoxy) is 1. The van der Waals surface area contributed by atoms with E-state index >= 15 is 0 Å². The highest BCUT2D eigenvalue weighted by molar-refractivity contribution is 5.68. The van der Waals surface area contributed by atoms with Crippen LogP contribution in [-0.2, 0) is 4.79 Å². The first kappa shape index (κ1) is 12.4. The minimum atomic E-state index is -0.954. The molecule has 4 nitrogen and oxygen atoms in total. The Bertz CT molecular complexity index is 517. The molecule has 0 atom stereocenters. The first-order valence-corrected chi connectivity index (χ1v) is 5.66. The van der Waals surface area contributed by atoms with Crippen molar-refractivity contribution >= 4 is 5.97 Å². The smallest absolute Gasteiger partial charge is 0.307 e.